The fraction of sp³-hybridized carbons (Fsp3) is 0.250. The summed E-state index contributed by atoms with van der Waals surface area (Å²) in [5.41, 5.74) is 2.11. The summed E-state index contributed by atoms with van der Waals surface area (Å²) in [4.78, 5) is 12.4. The molecule has 0 fully saturated rings. The van der Waals surface area contributed by atoms with Crippen molar-refractivity contribution in [3.8, 4) is 5.95 Å². The maximum absolute atomic E-state index is 12.5. The molecule has 154 valence electrons. The highest BCUT2D eigenvalue weighted by Crippen LogP contribution is 2.23. The molecule has 1 atom stereocenters. The molecule has 2 aromatic heterocycles. The molecule has 0 spiro atoms. The van der Waals surface area contributed by atoms with Crippen molar-refractivity contribution < 1.29 is 13.2 Å². The van der Waals surface area contributed by atoms with Crippen molar-refractivity contribution in [3.63, 3.8) is 0 Å². The van der Waals surface area contributed by atoms with Crippen LogP contribution in [0.1, 0.15) is 18.3 Å². The predicted molar refractivity (Wildman–Crippen MR) is 109 cm³/mol. The zero-order valence-electron chi connectivity index (χ0n) is 15.9. The van der Waals surface area contributed by atoms with E-state index in [0.29, 0.717) is 16.8 Å². The first-order valence-electron chi connectivity index (χ1n) is 8.41. The fourth-order valence-electron chi connectivity index (χ4n) is 2.51. The number of aryl methyl sites for hydroxylation is 2. The van der Waals surface area contributed by atoms with E-state index in [1.165, 1.54) is 28.9 Å². The third kappa shape index (κ3) is 4.58. The molecule has 2 heterocycles. The Balaban J connectivity index is 1.69. The monoisotopic (exact) mass is 436 g/mol. The Labute approximate surface area is 171 Å². The SMILES string of the molecule is Cc1cc(C)n(-c2nnc(SC(C)C(=O)Nc3ccc(S(N)(=O)=O)cc3)n2N)n1. The van der Waals surface area contributed by atoms with E-state index < -0.39 is 15.3 Å². The van der Waals surface area contributed by atoms with Gasteiger partial charge in [0.25, 0.3) is 5.95 Å². The van der Waals surface area contributed by atoms with Crippen LogP contribution in [0.3, 0.4) is 0 Å². The number of nitrogens with two attached hydrogens (primary N) is 2. The highest BCUT2D eigenvalue weighted by Gasteiger charge is 2.21. The number of primary sulfonamides is 1. The molecule has 0 saturated carbocycles. The Hall–Kier alpha value is -2.90. The molecule has 3 rings (SSSR count). The first-order valence-corrected chi connectivity index (χ1v) is 10.8. The lowest BCUT2D eigenvalue weighted by atomic mass is 10.3. The van der Waals surface area contributed by atoms with Crippen molar-refractivity contribution in [3.05, 3.63) is 41.7 Å². The van der Waals surface area contributed by atoms with Crippen LogP contribution >= 0.6 is 11.8 Å². The van der Waals surface area contributed by atoms with Crippen molar-refractivity contribution in [1.82, 2.24) is 24.7 Å². The topological polar surface area (TPSA) is 164 Å². The van der Waals surface area contributed by atoms with Gasteiger partial charge >= 0.3 is 0 Å². The summed E-state index contributed by atoms with van der Waals surface area (Å²) in [7, 11) is -3.79. The molecule has 1 aromatic carbocycles. The number of thioether (sulfide) groups is 1. The van der Waals surface area contributed by atoms with Crippen molar-refractivity contribution in [2.45, 2.75) is 36.1 Å². The Morgan fingerprint density at radius 3 is 2.41 bits per heavy atom. The summed E-state index contributed by atoms with van der Waals surface area (Å²) in [6.45, 7) is 5.42. The number of nitrogens with zero attached hydrogens (tertiary/aromatic N) is 5. The van der Waals surface area contributed by atoms with Gasteiger partial charge in [-0.2, -0.15) is 5.10 Å². The fourth-order valence-corrected chi connectivity index (χ4v) is 3.79. The standard InChI is InChI=1S/C16H20N8O3S2/c1-9-8-10(2)24(22-9)15-20-21-16(23(15)17)28-11(3)14(25)19-12-4-6-13(7-5-12)29(18,26)27/h4-8,11H,17H2,1-3H3,(H,19,25)(H2,18,26,27). The summed E-state index contributed by atoms with van der Waals surface area (Å²) in [6.07, 6.45) is 0. The molecule has 0 radical (unpaired) electrons. The third-order valence-corrected chi connectivity index (χ3v) is 5.93. The molecule has 3 aromatic rings. The predicted octanol–water partition coefficient (Wildman–Crippen LogP) is 0.561. The van der Waals surface area contributed by atoms with Crippen LogP contribution in [0.25, 0.3) is 5.95 Å². The zero-order chi connectivity index (χ0) is 21.3. The van der Waals surface area contributed by atoms with Crippen LogP contribution in [0.2, 0.25) is 0 Å². The van der Waals surface area contributed by atoms with Gasteiger partial charge in [-0.3, -0.25) is 4.79 Å². The summed E-state index contributed by atoms with van der Waals surface area (Å²) in [5.74, 6) is 6.11. The lowest BCUT2D eigenvalue weighted by Gasteiger charge is -2.12. The van der Waals surface area contributed by atoms with Gasteiger partial charge in [-0.1, -0.05) is 11.8 Å². The first-order chi connectivity index (χ1) is 13.6. The number of carbonyl (C=O) groups is 1. The number of benzene rings is 1. The van der Waals surface area contributed by atoms with Gasteiger partial charge in [0.15, 0.2) is 0 Å². The number of aromatic nitrogens is 5. The molecule has 0 aliphatic heterocycles. The average Bonchev–Trinajstić information content (AvgIpc) is 3.16. The second-order valence-corrected chi connectivity index (χ2v) is 9.18. The van der Waals surface area contributed by atoms with Gasteiger partial charge in [-0.25, -0.2) is 22.9 Å². The number of carbonyl (C=O) groups excluding carboxylic acids is 1. The number of anilines is 1. The summed E-state index contributed by atoms with van der Waals surface area (Å²) in [6, 6.07) is 7.45. The lowest BCUT2D eigenvalue weighted by Crippen LogP contribution is -2.24. The summed E-state index contributed by atoms with van der Waals surface area (Å²) >= 11 is 1.13. The molecular weight excluding hydrogens is 416 g/mol. The number of sulfonamides is 1. The van der Waals surface area contributed by atoms with E-state index in [-0.39, 0.29) is 10.8 Å². The highest BCUT2D eigenvalue weighted by atomic mass is 32.2. The van der Waals surface area contributed by atoms with Crippen molar-refractivity contribution >= 4 is 33.4 Å². The van der Waals surface area contributed by atoms with Gasteiger partial charge in [0, 0.05) is 11.4 Å². The van der Waals surface area contributed by atoms with Crippen LogP contribution in [0, 0.1) is 13.8 Å². The van der Waals surface area contributed by atoms with Crippen LogP contribution < -0.4 is 16.3 Å². The molecule has 0 aliphatic rings. The number of hydrogen-bond acceptors (Lipinski definition) is 8. The summed E-state index contributed by atoms with van der Waals surface area (Å²) in [5, 5.41) is 20.0. The van der Waals surface area contributed by atoms with Crippen LogP contribution in [0.5, 0.6) is 0 Å². The van der Waals surface area contributed by atoms with Gasteiger partial charge in [0.05, 0.1) is 15.8 Å². The second kappa shape index (κ2) is 7.85. The minimum absolute atomic E-state index is 0.0363. The van der Waals surface area contributed by atoms with Crippen LogP contribution in [0.4, 0.5) is 5.69 Å². The lowest BCUT2D eigenvalue weighted by molar-refractivity contribution is -0.115. The molecular formula is C16H20N8O3S2. The van der Waals surface area contributed by atoms with E-state index in [1.54, 1.807) is 11.6 Å². The maximum Gasteiger partial charge on any atom is 0.271 e. The molecule has 0 saturated heterocycles. The number of hydrogen-bond donors (Lipinski definition) is 3. The number of rotatable bonds is 6. The van der Waals surface area contributed by atoms with Gasteiger partial charge in [-0.15, -0.1) is 10.2 Å². The van der Waals surface area contributed by atoms with Crippen LogP contribution in [-0.2, 0) is 14.8 Å². The van der Waals surface area contributed by atoms with E-state index in [9.17, 15) is 13.2 Å². The van der Waals surface area contributed by atoms with Gasteiger partial charge in [-0.05, 0) is 51.1 Å². The first kappa shape index (κ1) is 20.8. The largest absolute Gasteiger partial charge is 0.334 e. The van der Waals surface area contributed by atoms with E-state index in [2.05, 4.69) is 20.6 Å². The second-order valence-electron chi connectivity index (χ2n) is 6.31. The number of nitrogens with one attached hydrogen (secondary N) is 1. The van der Waals surface area contributed by atoms with E-state index in [4.69, 9.17) is 11.0 Å². The Morgan fingerprint density at radius 2 is 1.86 bits per heavy atom. The minimum Gasteiger partial charge on any atom is -0.334 e. The van der Waals surface area contributed by atoms with Gasteiger partial charge < -0.3 is 11.2 Å². The van der Waals surface area contributed by atoms with E-state index >= 15 is 0 Å². The number of nitrogen functional groups attached to an aromatic ring is 1. The maximum atomic E-state index is 12.5. The highest BCUT2D eigenvalue weighted by molar-refractivity contribution is 8.00. The molecule has 0 bridgehead atoms. The minimum atomic E-state index is -3.79. The van der Waals surface area contributed by atoms with Crippen LogP contribution in [-0.4, -0.2) is 44.2 Å². The third-order valence-electron chi connectivity index (χ3n) is 3.95. The quantitative estimate of drug-likeness (QED) is 0.373. The molecule has 11 nitrogen and oxygen atoms in total. The van der Waals surface area contributed by atoms with Crippen molar-refractivity contribution in [2.75, 3.05) is 11.2 Å². The molecule has 1 unspecified atom stereocenters. The van der Waals surface area contributed by atoms with Gasteiger partial charge in [0.2, 0.25) is 21.1 Å². The Bertz CT molecular complexity index is 1150. The normalized spacial score (nSPS) is 12.7. The molecule has 13 heteroatoms. The van der Waals surface area contributed by atoms with E-state index in [1.807, 2.05) is 19.9 Å². The number of amides is 1. The summed E-state index contributed by atoms with van der Waals surface area (Å²) < 4.78 is 25.4. The average molecular weight is 437 g/mol. The molecule has 0 aliphatic carbocycles. The van der Waals surface area contributed by atoms with Crippen molar-refractivity contribution in [1.29, 1.82) is 0 Å². The van der Waals surface area contributed by atoms with Gasteiger partial charge in [0.1, 0.15) is 0 Å². The molecule has 5 N–H and O–H groups in total. The molecule has 1 amide bonds. The smallest absolute Gasteiger partial charge is 0.271 e. The molecule has 29 heavy (non-hydrogen) atoms. The Kier molecular flexibility index (Phi) is 5.64. The van der Waals surface area contributed by atoms with Crippen LogP contribution in [0.15, 0.2) is 40.4 Å². The van der Waals surface area contributed by atoms with E-state index in [0.717, 1.165) is 23.1 Å². The van der Waals surface area contributed by atoms with Crippen molar-refractivity contribution in [2.24, 2.45) is 5.14 Å². The zero-order valence-corrected chi connectivity index (χ0v) is 17.5. The Morgan fingerprint density at radius 1 is 1.21 bits per heavy atom.